The number of nitrogens with one attached hydrogen (secondary N) is 1. The first-order valence-corrected chi connectivity index (χ1v) is 7.70. The van der Waals surface area contributed by atoms with E-state index in [4.69, 9.17) is 5.11 Å². The topological polar surface area (TPSA) is 54.3 Å². The van der Waals surface area contributed by atoms with Gasteiger partial charge in [0.05, 0.1) is 0 Å². The number of aromatic nitrogens is 1. The molecule has 0 saturated heterocycles. The molecule has 1 aromatic heterocycles. The summed E-state index contributed by atoms with van der Waals surface area (Å²) in [6.45, 7) is 4.12. The van der Waals surface area contributed by atoms with E-state index in [-0.39, 0.29) is 18.1 Å². The third-order valence-electron chi connectivity index (χ3n) is 4.59. The average Bonchev–Trinajstić information content (AvgIpc) is 3.09. The number of carbonyl (C=O) groups is 1. The Bertz CT molecular complexity index is 449. The Morgan fingerprint density at radius 3 is 2.80 bits per heavy atom. The minimum atomic E-state index is -0.337. The van der Waals surface area contributed by atoms with Crippen molar-refractivity contribution in [3.05, 3.63) is 24.0 Å². The maximum Gasteiger partial charge on any atom is 0.268 e. The second-order valence-corrected chi connectivity index (χ2v) is 6.08. The largest absolute Gasteiger partial charge is 0.396 e. The number of hydrogen-bond acceptors (Lipinski definition) is 2. The first-order valence-electron chi connectivity index (χ1n) is 7.70. The Balaban J connectivity index is 2.11. The van der Waals surface area contributed by atoms with Gasteiger partial charge in [-0.2, -0.15) is 0 Å². The predicted octanol–water partition coefficient (Wildman–Crippen LogP) is 2.88. The second-order valence-electron chi connectivity index (χ2n) is 6.08. The van der Waals surface area contributed by atoms with Gasteiger partial charge in [-0.15, -0.1) is 0 Å². The van der Waals surface area contributed by atoms with Crippen LogP contribution in [0.4, 0.5) is 0 Å². The zero-order valence-electron chi connectivity index (χ0n) is 12.6. The summed E-state index contributed by atoms with van der Waals surface area (Å²) >= 11 is 0. The molecule has 1 saturated carbocycles. The fraction of sp³-hybridized carbons (Fsp3) is 0.688. The van der Waals surface area contributed by atoms with Crippen LogP contribution in [0.25, 0.3) is 0 Å². The van der Waals surface area contributed by atoms with Crippen LogP contribution < -0.4 is 5.32 Å². The third-order valence-corrected chi connectivity index (χ3v) is 4.59. The van der Waals surface area contributed by atoms with Gasteiger partial charge in [-0.3, -0.25) is 4.79 Å². The molecule has 0 aliphatic heterocycles. The number of aliphatic hydroxyl groups is 1. The van der Waals surface area contributed by atoms with Gasteiger partial charge in [0.2, 0.25) is 0 Å². The number of carbonyl (C=O) groups excluding carboxylic acids is 1. The quantitative estimate of drug-likeness (QED) is 0.840. The summed E-state index contributed by atoms with van der Waals surface area (Å²) in [5, 5.41) is 12.2. The highest BCUT2D eigenvalue weighted by Gasteiger charge is 2.27. The molecule has 112 valence electrons. The summed E-state index contributed by atoms with van der Waals surface area (Å²) in [5.41, 5.74) is 0.408. The van der Waals surface area contributed by atoms with Gasteiger partial charge in [0, 0.05) is 24.4 Å². The van der Waals surface area contributed by atoms with Crippen LogP contribution in [-0.4, -0.2) is 27.7 Å². The van der Waals surface area contributed by atoms with Crippen molar-refractivity contribution in [1.82, 2.24) is 9.88 Å². The van der Waals surface area contributed by atoms with Crippen LogP contribution in [0, 0.1) is 0 Å². The number of hydrogen-bond donors (Lipinski definition) is 2. The van der Waals surface area contributed by atoms with E-state index in [1.165, 1.54) is 12.8 Å². The number of aliphatic hydroxyl groups excluding tert-OH is 1. The van der Waals surface area contributed by atoms with Crippen LogP contribution in [0.2, 0.25) is 0 Å². The molecule has 0 spiro atoms. The molecule has 1 heterocycles. The lowest BCUT2D eigenvalue weighted by atomic mass is 9.94. The zero-order valence-corrected chi connectivity index (χ0v) is 12.6. The van der Waals surface area contributed by atoms with E-state index in [2.05, 4.69) is 9.88 Å². The van der Waals surface area contributed by atoms with E-state index in [0.29, 0.717) is 12.5 Å². The molecular weight excluding hydrogens is 252 g/mol. The lowest BCUT2D eigenvalue weighted by Gasteiger charge is -2.29. The predicted molar refractivity (Wildman–Crippen MR) is 79.8 cm³/mol. The molecule has 1 unspecified atom stereocenters. The molecule has 2 N–H and O–H groups in total. The molecule has 1 atom stereocenters. The van der Waals surface area contributed by atoms with Crippen LogP contribution in [0.1, 0.15) is 68.9 Å². The molecule has 2 rings (SSSR count). The minimum absolute atomic E-state index is 0.0281. The van der Waals surface area contributed by atoms with Gasteiger partial charge >= 0.3 is 0 Å². The Hall–Kier alpha value is -1.29. The molecule has 4 heteroatoms. The van der Waals surface area contributed by atoms with Crippen LogP contribution >= 0.6 is 0 Å². The molecule has 1 aromatic rings. The summed E-state index contributed by atoms with van der Waals surface area (Å²) in [6, 6.07) is 4.31. The lowest BCUT2D eigenvalue weighted by molar-refractivity contribution is 0.0874. The highest BCUT2D eigenvalue weighted by atomic mass is 16.3. The maximum absolute atomic E-state index is 12.5. The van der Waals surface area contributed by atoms with E-state index in [9.17, 15) is 4.79 Å². The summed E-state index contributed by atoms with van der Waals surface area (Å²) in [4.78, 5) is 12.5. The Morgan fingerprint density at radius 1 is 1.50 bits per heavy atom. The van der Waals surface area contributed by atoms with E-state index >= 15 is 0 Å². The van der Waals surface area contributed by atoms with Gasteiger partial charge in [-0.1, -0.05) is 19.8 Å². The summed E-state index contributed by atoms with van der Waals surface area (Å²) < 4.78 is 2.12. The van der Waals surface area contributed by atoms with Crippen molar-refractivity contribution >= 4 is 5.91 Å². The first-order chi connectivity index (χ1) is 9.59. The minimum Gasteiger partial charge on any atom is -0.396 e. The number of rotatable bonds is 6. The Kier molecular flexibility index (Phi) is 4.86. The van der Waals surface area contributed by atoms with Crippen molar-refractivity contribution in [3.63, 3.8) is 0 Å². The van der Waals surface area contributed by atoms with Crippen molar-refractivity contribution in [2.24, 2.45) is 0 Å². The van der Waals surface area contributed by atoms with E-state index < -0.39 is 0 Å². The third kappa shape index (κ3) is 3.23. The summed E-state index contributed by atoms with van der Waals surface area (Å²) in [6.07, 6.45) is 8.23. The number of nitrogens with zero attached hydrogens (tertiary/aromatic N) is 1. The van der Waals surface area contributed by atoms with Gasteiger partial charge < -0.3 is 15.0 Å². The molecule has 0 bridgehead atoms. The zero-order chi connectivity index (χ0) is 14.6. The normalized spacial score (nSPS) is 18.9. The Morgan fingerprint density at radius 2 is 2.20 bits per heavy atom. The SMILES string of the molecule is CCC(C)(CCO)NC(=O)c1cccn1C1CCCC1. The molecule has 1 aliphatic rings. The Labute approximate surface area is 121 Å². The monoisotopic (exact) mass is 278 g/mol. The molecule has 20 heavy (non-hydrogen) atoms. The highest BCUT2D eigenvalue weighted by molar-refractivity contribution is 5.93. The van der Waals surface area contributed by atoms with Crippen molar-refractivity contribution in [2.45, 2.75) is 64.0 Å². The lowest BCUT2D eigenvalue weighted by Crippen LogP contribution is -2.46. The van der Waals surface area contributed by atoms with Gasteiger partial charge in [-0.25, -0.2) is 0 Å². The number of amides is 1. The molecule has 4 nitrogen and oxygen atoms in total. The molecule has 1 aliphatic carbocycles. The first kappa shape index (κ1) is 15.1. The van der Waals surface area contributed by atoms with Crippen LogP contribution in [-0.2, 0) is 0 Å². The average molecular weight is 278 g/mol. The van der Waals surface area contributed by atoms with Crippen molar-refractivity contribution in [2.75, 3.05) is 6.61 Å². The van der Waals surface area contributed by atoms with Crippen LogP contribution in [0.3, 0.4) is 0 Å². The van der Waals surface area contributed by atoms with Gasteiger partial charge in [0.15, 0.2) is 0 Å². The molecular formula is C16H26N2O2. The molecule has 1 amide bonds. The maximum atomic E-state index is 12.5. The highest BCUT2D eigenvalue weighted by Crippen LogP contribution is 2.30. The molecule has 0 radical (unpaired) electrons. The molecule has 1 fully saturated rings. The van der Waals surface area contributed by atoms with Gasteiger partial charge in [-0.05, 0) is 44.7 Å². The summed E-state index contributed by atoms with van der Waals surface area (Å²) in [7, 11) is 0. The van der Waals surface area contributed by atoms with E-state index in [0.717, 1.165) is 25.0 Å². The smallest absolute Gasteiger partial charge is 0.268 e. The fourth-order valence-corrected chi connectivity index (χ4v) is 3.00. The van der Waals surface area contributed by atoms with Gasteiger partial charge in [0.1, 0.15) is 5.69 Å². The second kappa shape index (κ2) is 6.44. The van der Waals surface area contributed by atoms with Crippen molar-refractivity contribution < 1.29 is 9.90 Å². The van der Waals surface area contributed by atoms with Crippen LogP contribution in [0.15, 0.2) is 18.3 Å². The van der Waals surface area contributed by atoms with Crippen molar-refractivity contribution in [1.29, 1.82) is 0 Å². The standard InChI is InChI=1S/C16H26N2O2/c1-3-16(2,10-12-19)17-15(20)14-9-6-11-18(14)13-7-4-5-8-13/h6,9,11,13,19H,3-5,7-8,10,12H2,1-2H3,(H,17,20). The van der Waals surface area contributed by atoms with Gasteiger partial charge in [0.25, 0.3) is 5.91 Å². The molecule has 0 aromatic carbocycles. The van der Waals surface area contributed by atoms with Crippen molar-refractivity contribution in [3.8, 4) is 0 Å². The fourth-order valence-electron chi connectivity index (χ4n) is 3.00. The van der Waals surface area contributed by atoms with E-state index in [1.54, 1.807) is 0 Å². The van der Waals surface area contributed by atoms with Crippen LogP contribution in [0.5, 0.6) is 0 Å². The van der Waals surface area contributed by atoms with E-state index in [1.807, 2.05) is 32.2 Å². The summed E-state index contributed by atoms with van der Waals surface area (Å²) in [5.74, 6) is -0.0281.